The van der Waals surface area contributed by atoms with Crippen molar-refractivity contribution in [1.29, 1.82) is 0 Å². The Morgan fingerprint density at radius 2 is 2.19 bits per heavy atom. The molecule has 6 heteroatoms. The molecule has 2 rings (SSSR count). The lowest BCUT2D eigenvalue weighted by Crippen LogP contribution is -2.24. The van der Waals surface area contributed by atoms with Gasteiger partial charge in [-0.25, -0.2) is 4.39 Å². The maximum atomic E-state index is 13.7. The molecule has 0 saturated heterocycles. The maximum Gasteiger partial charge on any atom is 0.246 e. The van der Waals surface area contributed by atoms with Gasteiger partial charge in [0.05, 0.1) is 3.79 Å². The van der Waals surface area contributed by atoms with Gasteiger partial charge >= 0.3 is 0 Å². The van der Waals surface area contributed by atoms with Crippen molar-refractivity contribution in [2.45, 2.75) is 6.54 Å². The molecule has 1 aromatic carbocycles. The minimum Gasteiger partial charge on any atom is -0.338 e. The van der Waals surface area contributed by atoms with Gasteiger partial charge in [0.25, 0.3) is 0 Å². The number of amides is 1. The summed E-state index contributed by atoms with van der Waals surface area (Å²) in [6.07, 6.45) is 3.20. The number of likely N-dealkylation sites (N-methyl/N-ethyl adjacent to an activating group) is 1. The van der Waals surface area contributed by atoms with E-state index in [1.165, 1.54) is 34.4 Å². The molecule has 0 saturated carbocycles. The van der Waals surface area contributed by atoms with E-state index >= 15 is 0 Å². The zero-order valence-electron chi connectivity index (χ0n) is 11.1. The van der Waals surface area contributed by atoms with Gasteiger partial charge < -0.3 is 4.90 Å². The minimum absolute atomic E-state index is 0.128. The summed E-state index contributed by atoms with van der Waals surface area (Å²) in [6.45, 7) is 0.128. The predicted octanol–water partition coefficient (Wildman–Crippen LogP) is 4.97. The lowest BCUT2D eigenvalue weighted by molar-refractivity contribution is -0.125. The molecule has 0 spiro atoms. The quantitative estimate of drug-likeness (QED) is 0.677. The topological polar surface area (TPSA) is 20.3 Å². The summed E-state index contributed by atoms with van der Waals surface area (Å²) in [6, 6.07) is 8.30. The van der Waals surface area contributed by atoms with Crippen LogP contribution in [0, 0.1) is 5.82 Å². The van der Waals surface area contributed by atoms with Crippen LogP contribution >= 0.6 is 38.9 Å². The Morgan fingerprint density at radius 3 is 2.81 bits per heavy atom. The van der Waals surface area contributed by atoms with E-state index in [0.717, 1.165) is 8.66 Å². The van der Waals surface area contributed by atoms with Gasteiger partial charge in [0, 0.05) is 35.1 Å². The molecule has 110 valence electrons. The number of hydrogen-bond donors (Lipinski definition) is 0. The van der Waals surface area contributed by atoms with Crippen LogP contribution in [0.3, 0.4) is 0 Å². The number of nitrogens with zero attached hydrogens (tertiary/aromatic N) is 1. The molecule has 1 heterocycles. The Hall–Kier alpha value is -1.17. The fourth-order valence-corrected chi connectivity index (χ4v) is 3.25. The van der Waals surface area contributed by atoms with Crippen LogP contribution in [0.4, 0.5) is 4.39 Å². The molecule has 0 aliphatic carbocycles. The summed E-state index contributed by atoms with van der Waals surface area (Å²) in [5.74, 6) is -0.618. The molecule has 0 atom stereocenters. The normalized spacial score (nSPS) is 11.0. The number of halogens is 3. The molecule has 1 aromatic heterocycles. The standard InChI is InChI=1S/C15H12BrClFNOS/c1-19(9-11-12(17)3-2-4-13(11)18)15(20)8-6-10-5-7-14(16)21-10/h2-8H,9H2,1H3/b8-6+. The monoisotopic (exact) mass is 387 g/mol. The number of thiophene rings is 1. The largest absolute Gasteiger partial charge is 0.338 e. The van der Waals surface area contributed by atoms with E-state index in [2.05, 4.69) is 15.9 Å². The molecule has 0 N–H and O–H groups in total. The molecule has 0 bridgehead atoms. The van der Waals surface area contributed by atoms with Crippen LogP contribution in [0.1, 0.15) is 10.4 Å². The molecular weight excluding hydrogens is 377 g/mol. The molecule has 0 aliphatic heterocycles. The Morgan fingerprint density at radius 1 is 1.43 bits per heavy atom. The fraction of sp³-hybridized carbons (Fsp3) is 0.133. The van der Waals surface area contributed by atoms with E-state index in [-0.39, 0.29) is 12.5 Å². The third-order valence-electron chi connectivity index (χ3n) is 2.82. The Bertz CT molecular complexity index is 666. The third kappa shape index (κ3) is 4.40. The van der Waals surface area contributed by atoms with Crippen LogP contribution in [0.15, 0.2) is 40.2 Å². The van der Waals surface area contributed by atoms with E-state index in [1.54, 1.807) is 19.2 Å². The van der Waals surface area contributed by atoms with E-state index in [0.29, 0.717) is 10.6 Å². The molecule has 0 fully saturated rings. The molecular formula is C15H12BrClFNOS. The van der Waals surface area contributed by atoms with Gasteiger partial charge in [-0.05, 0) is 46.3 Å². The van der Waals surface area contributed by atoms with Crippen LogP contribution in [0.2, 0.25) is 5.02 Å². The van der Waals surface area contributed by atoms with Gasteiger partial charge in [0.1, 0.15) is 5.82 Å². The highest BCUT2D eigenvalue weighted by Crippen LogP contribution is 2.23. The second-order valence-corrected chi connectivity index (χ2v) is 7.27. The molecule has 1 amide bonds. The van der Waals surface area contributed by atoms with Crippen molar-refractivity contribution in [3.05, 3.63) is 61.5 Å². The lowest BCUT2D eigenvalue weighted by Gasteiger charge is -2.16. The van der Waals surface area contributed by atoms with Crippen molar-refractivity contribution < 1.29 is 9.18 Å². The fourth-order valence-electron chi connectivity index (χ4n) is 1.70. The Kier molecular flexibility index (Phi) is 5.56. The lowest BCUT2D eigenvalue weighted by atomic mass is 10.2. The van der Waals surface area contributed by atoms with Crippen LogP contribution in [-0.2, 0) is 11.3 Å². The van der Waals surface area contributed by atoms with Crippen molar-refractivity contribution in [2.24, 2.45) is 0 Å². The summed E-state index contributed by atoms with van der Waals surface area (Å²) in [7, 11) is 1.61. The molecule has 0 aliphatic rings. The average Bonchev–Trinajstić information content (AvgIpc) is 2.86. The zero-order chi connectivity index (χ0) is 15.4. The number of benzene rings is 1. The zero-order valence-corrected chi connectivity index (χ0v) is 14.3. The highest BCUT2D eigenvalue weighted by molar-refractivity contribution is 9.11. The smallest absolute Gasteiger partial charge is 0.246 e. The summed E-state index contributed by atoms with van der Waals surface area (Å²) < 4.78 is 14.7. The predicted molar refractivity (Wildman–Crippen MR) is 88.9 cm³/mol. The second-order valence-electron chi connectivity index (χ2n) is 4.37. The van der Waals surface area contributed by atoms with E-state index in [9.17, 15) is 9.18 Å². The SMILES string of the molecule is CN(Cc1c(F)cccc1Cl)C(=O)/C=C/c1ccc(Br)s1. The Balaban J connectivity index is 2.04. The van der Waals surface area contributed by atoms with Gasteiger partial charge in [-0.1, -0.05) is 17.7 Å². The number of carbonyl (C=O) groups excluding carboxylic acids is 1. The number of rotatable bonds is 4. The van der Waals surface area contributed by atoms with Crippen LogP contribution < -0.4 is 0 Å². The van der Waals surface area contributed by atoms with Gasteiger partial charge in [0.15, 0.2) is 0 Å². The van der Waals surface area contributed by atoms with Gasteiger partial charge in [-0.3, -0.25) is 4.79 Å². The summed E-state index contributed by atoms with van der Waals surface area (Å²) in [5.41, 5.74) is 0.322. The van der Waals surface area contributed by atoms with E-state index in [4.69, 9.17) is 11.6 Å². The van der Waals surface area contributed by atoms with Gasteiger partial charge in [0.2, 0.25) is 5.91 Å². The summed E-state index contributed by atoms with van der Waals surface area (Å²) in [4.78, 5) is 14.4. The number of hydrogen-bond acceptors (Lipinski definition) is 2. The first-order valence-corrected chi connectivity index (χ1v) is 8.07. The van der Waals surface area contributed by atoms with E-state index < -0.39 is 5.82 Å². The van der Waals surface area contributed by atoms with Crippen molar-refractivity contribution in [3.8, 4) is 0 Å². The first-order valence-electron chi connectivity index (χ1n) is 6.09. The second kappa shape index (κ2) is 7.20. The highest BCUT2D eigenvalue weighted by Gasteiger charge is 2.12. The van der Waals surface area contributed by atoms with Crippen molar-refractivity contribution in [1.82, 2.24) is 4.90 Å². The molecule has 0 unspecified atom stereocenters. The van der Waals surface area contributed by atoms with Crippen LogP contribution in [0.25, 0.3) is 6.08 Å². The summed E-state index contributed by atoms with van der Waals surface area (Å²) in [5, 5.41) is 0.320. The molecule has 0 radical (unpaired) electrons. The van der Waals surface area contributed by atoms with E-state index in [1.807, 2.05) is 12.1 Å². The first-order chi connectivity index (χ1) is 9.97. The first kappa shape index (κ1) is 16.2. The van der Waals surface area contributed by atoms with Crippen molar-refractivity contribution in [2.75, 3.05) is 7.05 Å². The van der Waals surface area contributed by atoms with Crippen LogP contribution in [-0.4, -0.2) is 17.9 Å². The van der Waals surface area contributed by atoms with Crippen LogP contribution in [0.5, 0.6) is 0 Å². The average molecular weight is 389 g/mol. The molecule has 2 nitrogen and oxygen atoms in total. The van der Waals surface area contributed by atoms with Gasteiger partial charge in [-0.15, -0.1) is 11.3 Å². The van der Waals surface area contributed by atoms with Crippen molar-refractivity contribution >= 4 is 50.9 Å². The number of carbonyl (C=O) groups is 1. The minimum atomic E-state index is -0.409. The maximum absolute atomic E-state index is 13.7. The molecule has 2 aromatic rings. The van der Waals surface area contributed by atoms with Crippen molar-refractivity contribution in [3.63, 3.8) is 0 Å². The molecule has 21 heavy (non-hydrogen) atoms. The van der Waals surface area contributed by atoms with Gasteiger partial charge in [-0.2, -0.15) is 0 Å². The summed E-state index contributed by atoms with van der Waals surface area (Å²) >= 11 is 10.8. The Labute approximate surface area is 140 Å². The third-order valence-corrected chi connectivity index (χ3v) is 4.76. The highest BCUT2D eigenvalue weighted by atomic mass is 79.9.